The average molecular weight is 387 g/mol. The van der Waals surface area contributed by atoms with Gasteiger partial charge in [-0.3, -0.25) is 14.6 Å². The minimum Gasteiger partial charge on any atom is -0.457 e. The highest BCUT2D eigenvalue weighted by Gasteiger charge is 2.35. The first-order valence-corrected chi connectivity index (χ1v) is 9.49. The third-order valence-corrected chi connectivity index (χ3v) is 4.84. The molecule has 1 N–H and O–H groups in total. The second kappa shape index (κ2) is 8.56. The van der Waals surface area contributed by atoms with Crippen LogP contribution in [-0.4, -0.2) is 23.3 Å². The lowest BCUT2D eigenvalue weighted by molar-refractivity contribution is -0.126. The van der Waals surface area contributed by atoms with Crippen LogP contribution in [0.25, 0.3) is 0 Å². The van der Waals surface area contributed by atoms with E-state index in [0.29, 0.717) is 18.8 Å². The van der Waals surface area contributed by atoms with Crippen LogP contribution in [0.5, 0.6) is 11.5 Å². The standard InChI is InChI=1S/C23H21N3O3/c27-22-14-18(23(28)25-15-17-10-12-24-13-11-17)16-26(22)19-6-8-21(9-7-19)29-20-4-2-1-3-5-20/h1-13,18H,14-16H2,(H,25,28)/t18-/m0/s1. The van der Waals surface area contributed by atoms with Gasteiger partial charge >= 0.3 is 0 Å². The van der Waals surface area contributed by atoms with Crippen LogP contribution in [0.15, 0.2) is 79.1 Å². The predicted molar refractivity (Wildman–Crippen MR) is 110 cm³/mol. The van der Waals surface area contributed by atoms with Gasteiger partial charge in [0.25, 0.3) is 0 Å². The van der Waals surface area contributed by atoms with Crippen LogP contribution in [0.2, 0.25) is 0 Å². The summed E-state index contributed by atoms with van der Waals surface area (Å²) >= 11 is 0. The molecule has 3 aromatic rings. The Hall–Kier alpha value is -3.67. The van der Waals surface area contributed by atoms with Crippen molar-refractivity contribution in [3.8, 4) is 11.5 Å². The quantitative estimate of drug-likeness (QED) is 0.702. The van der Waals surface area contributed by atoms with Gasteiger partial charge in [-0.05, 0) is 54.1 Å². The highest BCUT2D eigenvalue weighted by atomic mass is 16.5. The number of aromatic nitrogens is 1. The smallest absolute Gasteiger partial charge is 0.227 e. The number of benzene rings is 2. The van der Waals surface area contributed by atoms with Crippen molar-refractivity contribution in [2.45, 2.75) is 13.0 Å². The van der Waals surface area contributed by atoms with Gasteiger partial charge in [-0.25, -0.2) is 0 Å². The van der Waals surface area contributed by atoms with E-state index in [4.69, 9.17) is 4.74 Å². The molecule has 1 aliphatic heterocycles. The van der Waals surface area contributed by atoms with Crippen molar-refractivity contribution in [1.82, 2.24) is 10.3 Å². The Balaban J connectivity index is 1.35. The number of ether oxygens (including phenoxy) is 1. The van der Waals surface area contributed by atoms with Crippen molar-refractivity contribution in [2.75, 3.05) is 11.4 Å². The van der Waals surface area contributed by atoms with E-state index in [1.54, 1.807) is 17.3 Å². The molecule has 4 rings (SSSR count). The Bertz CT molecular complexity index is 975. The van der Waals surface area contributed by atoms with E-state index in [-0.39, 0.29) is 24.2 Å². The fraction of sp³-hybridized carbons (Fsp3) is 0.174. The Labute approximate surface area is 169 Å². The van der Waals surface area contributed by atoms with E-state index in [9.17, 15) is 9.59 Å². The molecule has 2 aromatic carbocycles. The molecular formula is C23H21N3O3. The minimum absolute atomic E-state index is 0.0502. The number of para-hydroxylation sites is 1. The van der Waals surface area contributed by atoms with Crippen LogP contribution in [-0.2, 0) is 16.1 Å². The number of pyridine rings is 1. The van der Waals surface area contributed by atoms with E-state index in [1.165, 1.54) is 0 Å². The molecule has 1 fully saturated rings. The lowest BCUT2D eigenvalue weighted by Crippen LogP contribution is -2.32. The van der Waals surface area contributed by atoms with Gasteiger partial charge in [0.05, 0.1) is 5.92 Å². The van der Waals surface area contributed by atoms with Gasteiger partial charge in [0.2, 0.25) is 11.8 Å². The van der Waals surface area contributed by atoms with Gasteiger partial charge in [0.1, 0.15) is 11.5 Å². The maximum absolute atomic E-state index is 12.5. The molecule has 0 saturated carbocycles. The predicted octanol–water partition coefficient (Wildman–Crippen LogP) is 3.54. The largest absolute Gasteiger partial charge is 0.457 e. The molecule has 2 heterocycles. The van der Waals surface area contributed by atoms with Crippen LogP contribution in [0.4, 0.5) is 5.69 Å². The Morgan fingerprint density at radius 3 is 2.41 bits per heavy atom. The molecular weight excluding hydrogens is 366 g/mol. The van der Waals surface area contributed by atoms with Crippen molar-refractivity contribution in [1.29, 1.82) is 0 Å². The van der Waals surface area contributed by atoms with Gasteiger partial charge in [-0.2, -0.15) is 0 Å². The maximum atomic E-state index is 12.5. The normalized spacial score (nSPS) is 15.9. The van der Waals surface area contributed by atoms with E-state index in [2.05, 4.69) is 10.3 Å². The lowest BCUT2D eigenvalue weighted by atomic mass is 10.1. The molecule has 146 valence electrons. The topological polar surface area (TPSA) is 71.5 Å². The van der Waals surface area contributed by atoms with Crippen molar-refractivity contribution in [2.24, 2.45) is 5.92 Å². The number of amides is 2. The summed E-state index contributed by atoms with van der Waals surface area (Å²) in [7, 11) is 0. The highest BCUT2D eigenvalue weighted by molar-refractivity contribution is 6.00. The van der Waals surface area contributed by atoms with Crippen LogP contribution >= 0.6 is 0 Å². The van der Waals surface area contributed by atoms with E-state index < -0.39 is 0 Å². The number of nitrogens with zero attached hydrogens (tertiary/aromatic N) is 2. The summed E-state index contributed by atoms with van der Waals surface area (Å²) in [6, 6.07) is 20.5. The monoisotopic (exact) mass is 387 g/mol. The van der Waals surface area contributed by atoms with Crippen LogP contribution < -0.4 is 15.0 Å². The first-order chi connectivity index (χ1) is 14.2. The van der Waals surface area contributed by atoms with Crippen molar-refractivity contribution < 1.29 is 14.3 Å². The van der Waals surface area contributed by atoms with Gasteiger partial charge in [0.15, 0.2) is 0 Å². The molecule has 0 spiro atoms. The van der Waals surface area contributed by atoms with Gasteiger partial charge in [-0.15, -0.1) is 0 Å². The molecule has 0 radical (unpaired) electrons. The van der Waals surface area contributed by atoms with Gasteiger partial charge in [-0.1, -0.05) is 18.2 Å². The number of anilines is 1. The number of hydrogen-bond acceptors (Lipinski definition) is 4. The van der Waals surface area contributed by atoms with Crippen molar-refractivity contribution >= 4 is 17.5 Å². The number of rotatable bonds is 6. The zero-order valence-corrected chi connectivity index (χ0v) is 15.8. The first kappa shape index (κ1) is 18.7. The first-order valence-electron chi connectivity index (χ1n) is 9.49. The van der Waals surface area contributed by atoms with Crippen LogP contribution in [0.3, 0.4) is 0 Å². The molecule has 1 saturated heterocycles. The summed E-state index contributed by atoms with van der Waals surface area (Å²) in [5.74, 6) is 0.929. The molecule has 0 unspecified atom stereocenters. The lowest BCUT2D eigenvalue weighted by Gasteiger charge is -2.17. The molecule has 2 amide bonds. The summed E-state index contributed by atoms with van der Waals surface area (Å²) in [6.07, 6.45) is 3.59. The minimum atomic E-state index is -0.357. The third-order valence-electron chi connectivity index (χ3n) is 4.84. The van der Waals surface area contributed by atoms with E-state index in [0.717, 1.165) is 17.0 Å². The number of carbonyl (C=O) groups is 2. The molecule has 6 nitrogen and oxygen atoms in total. The average Bonchev–Trinajstić information content (AvgIpc) is 3.16. The maximum Gasteiger partial charge on any atom is 0.227 e. The van der Waals surface area contributed by atoms with E-state index in [1.807, 2.05) is 66.7 Å². The van der Waals surface area contributed by atoms with Crippen molar-refractivity contribution in [3.63, 3.8) is 0 Å². The Morgan fingerprint density at radius 1 is 1.00 bits per heavy atom. The molecule has 6 heteroatoms. The molecule has 29 heavy (non-hydrogen) atoms. The fourth-order valence-corrected chi connectivity index (χ4v) is 3.29. The van der Waals surface area contributed by atoms with Crippen LogP contribution in [0, 0.1) is 5.92 Å². The van der Waals surface area contributed by atoms with Gasteiger partial charge < -0.3 is 15.0 Å². The van der Waals surface area contributed by atoms with E-state index >= 15 is 0 Å². The zero-order valence-electron chi connectivity index (χ0n) is 15.8. The number of hydrogen-bond donors (Lipinski definition) is 1. The summed E-state index contributed by atoms with van der Waals surface area (Å²) in [6.45, 7) is 0.803. The summed E-state index contributed by atoms with van der Waals surface area (Å²) in [5.41, 5.74) is 1.74. The molecule has 0 aliphatic carbocycles. The SMILES string of the molecule is O=C(NCc1ccncc1)[C@H]1CC(=O)N(c2ccc(Oc3ccccc3)cc2)C1. The summed E-state index contributed by atoms with van der Waals surface area (Å²) in [5, 5.41) is 2.90. The molecule has 1 aromatic heterocycles. The summed E-state index contributed by atoms with van der Waals surface area (Å²) in [4.78, 5) is 30.5. The third kappa shape index (κ3) is 4.60. The van der Waals surface area contributed by atoms with Crippen molar-refractivity contribution in [3.05, 3.63) is 84.7 Å². The Morgan fingerprint density at radius 2 is 1.69 bits per heavy atom. The number of nitrogens with one attached hydrogen (secondary N) is 1. The Kier molecular flexibility index (Phi) is 5.52. The van der Waals surface area contributed by atoms with Gasteiger partial charge in [0, 0.05) is 37.6 Å². The molecule has 0 bridgehead atoms. The zero-order chi connectivity index (χ0) is 20.1. The highest BCUT2D eigenvalue weighted by Crippen LogP contribution is 2.28. The summed E-state index contributed by atoms with van der Waals surface area (Å²) < 4.78 is 5.78. The molecule has 1 atom stereocenters. The second-order valence-electron chi connectivity index (χ2n) is 6.89. The molecule has 1 aliphatic rings. The van der Waals surface area contributed by atoms with Crippen LogP contribution in [0.1, 0.15) is 12.0 Å². The fourth-order valence-electron chi connectivity index (χ4n) is 3.29. The second-order valence-corrected chi connectivity index (χ2v) is 6.89. The number of carbonyl (C=O) groups excluding carboxylic acids is 2.